The van der Waals surface area contributed by atoms with Gasteiger partial charge in [0.05, 0.1) is 5.56 Å². The first-order valence-electron chi connectivity index (χ1n) is 7.14. The molecule has 2 N–H and O–H groups in total. The number of benzene rings is 1. The smallest absolute Gasteiger partial charge is 0.371 e. The van der Waals surface area contributed by atoms with Gasteiger partial charge in [-0.2, -0.15) is 13.2 Å². The minimum absolute atomic E-state index is 0.117. The maximum absolute atomic E-state index is 13.2. The van der Waals surface area contributed by atoms with Gasteiger partial charge in [-0.15, -0.1) is 0 Å². The number of hydrogen-bond donors (Lipinski definition) is 1. The SMILES string of the molecule is CN(C)C1CCN(c2ccc(CN)cc2C(F)(F)F)CC1. The molecule has 1 aromatic rings. The summed E-state index contributed by atoms with van der Waals surface area (Å²) in [5.74, 6) is 0. The third-order valence-corrected chi connectivity index (χ3v) is 4.14. The zero-order valence-corrected chi connectivity index (χ0v) is 12.5. The summed E-state index contributed by atoms with van der Waals surface area (Å²) in [6.07, 6.45) is -2.59. The maximum Gasteiger partial charge on any atom is 0.418 e. The highest BCUT2D eigenvalue weighted by Crippen LogP contribution is 2.38. The minimum atomic E-state index is -4.35. The van der Waals surface area contributed by atoms with Gasteiger partial charge in [0.1, 0.15) is 0 Å². The molecule has 118 valence electrons. The van der Waals surface area contributed by atoms with Crippen LogP contribution in [0.2, 0.25) is 0 Å². The largest absolute Gasteiger partial charge is 0.418 e. The van der Waals surface area contributed by atoms with Crippen LogP contribution in [0.25, 0.3) is 0 Å². The Bertz CT molecular complexity index is 478. The maximum atomic E-state index is 13.2. The van der Waals surface area contributed by atoms with Gasteiger partial charge >= 0.3 is 6.18 Å². The molecule has 3 nitrogen and oxygen atoms in total. The average Bonchev–Trinajstić information content (AvgIpc) is 2.46. The average molecular weight is 301 g/mol. The van der Waals surface area contributed by atoms with Gasteiger partial charge in [0, 0.05) is 31.4 Å². The Hall–Kier alpha value is -1.27. The van der Waals surface area contributed by atoms with Crippen LogP contribution in [-0.2, 0) is 12.7 Å². The van der Waals surface area contributed by atoms with Gasteiger partial charge < -0.3 is 15.5 Å². The van der Waals surface area contributed by atoms with Crippen molar-refractivity contribution in [2.24, 2.45) is 5.73 Å². The molecule has 1 aliphatic heterocycles. The molecule has 0 aromatic heterocycles. The van der Waals surface area contributed by atoms with E-state index in [2.05, 4.69) is 4.90 Å². The Labute approximate surface area is 123 Å². The number of nitrogens with two attached hydrogens (primary N) is 1. The van der Waals surface area contributed by atoms with Crippen molar-refractivity contribution in [3.63, 3.8) is 0 Å². The summed E-state index contributed by atoms with van der Waals surface area (Å²) in [6.45, 7) is 1.41. The Morgan fingerprint density at radius 2 is 1.86 bits per heavy atom. The van der Waals surface area contributed by atoms with Crippen molar-refractivity contribution in [2.45, 2.75) is 31.6 Å². The van der Waals surface area contributed by atoms with Gasteiger partial charge in [-0.05, 0) is 44.6 Å². The Morgan fingerprint density at radius 3 is 2.33 bits per heavy atom. The van der Waals surface area contributed by atoms with Crippen LogP contribution >= 0.6 is 0 Å². The van der Waals surface area contributed by atoms with Crippen LogP contribution in [0.15, 0.2) is 18.2 Å². The third kappa shape index (κ3) is 3.68. The number of anilines is 1. The highest BCUT2D eigenvalue weighted by molar-refractivity contribution is 5.56. The molecule has 0 saturated carbocycles. The van der Waals surface area contributed by atoms with Gasteiger partial charge in [0.2, 0.25) is 0 Å². The van der Waals surface area contributed by atoms with Crippen LogP contribution in [0.4, 0.5) is 18.9 Å². The second kappa shape index (κ2) is 6.23. The second-order valence-corrected chi connectivity index (χ2v) is 5.74. The second-order valence-electron chi connectivity index (χ2n) is 5.74. The molecule has 6 heteroatoms. The first-order chi connectivity index (χ1) is 9.82. The van der Waals surface area contributed by atoms with Crippen molar-refractivity contribution in [3.8, 4) is 0 Å². The standard InChI is InChI=1S/C15H22F3N3/c1-20(2)12-5-7-21(8-6-12)14-4-3-11(10-19)9-13(14)15(16,17)18/h3-4,9,12H,5-8,10,19H2,1-2H3. The number of piperidine rings is 1. The molecule has 21 heavy (non-hydrogen) atoms. The third-order valence-electron chi connectivity index (χ3n) is 4.14. The van der Waals surface area contributed by atoms with Gasteiger partial charge in [-0.25, -0.2) is 0 Å². The minimum Gasteiger partial charge on any atom is -0.371 e. The first-order valence-corrected chi connectivity index (χ1v) is 7.14. The molecule has 0 radical (unpaired) electrons. The van der Waals surface area contributed by atoms with E-state index in [1.54, 1.807) is 12.1 Å². The molecule has 0 bridgehead atoms. The van der Waals surface area contributed by atoms with Crippen LogP contribution in [0.3, 0.4) is 0 Å². The topological polar surface area (TPSA) is 32.5 Å². The molecule has 0 unspecified atom stereocenters. The van der Waals surface area contributed by atoms with E-state index in [9.17, 15) is 13.2 Å². The van der Waals surface area contributed by atoms with Gasteiger partial charge in [0.25, 0.3) is 0 Å². The molecular formula is C15H22F3N3. The van der Waals surface area contributed by atoms with Crippen molar-refractivity contribution >= 4 is 5.69 Å². The summed E-state index contributed by atoms with van der Waals surface area (Å²) in [5.41, 5.74) is 5.66. The first kappa shape index (κ1) is 16.1. The number of rotatable bonds is 3. The highest BCUT2D eigenvalue weighted by Gasteiger charge is 2.36. The fraction of sp³-hybridized carbons (Fsp3) is 0.600. The summed E-state index contributed by atoms with van der Waals surface area (Å²) < 4.78 is 39.7. The van der Waals surface area contributed by atoms with Gasteiger partial charge in [-0.3, -0.25) is 0 Å². The molecule has 1 saturated heterocycles. The van der Waals surface area contributed by atoms with E-state index in [1.807, 2.05) is 19.0 Å². The zero-order valence-electron chi connectivity index (χ0n) is 12.5. The van der Waals surface area contributed by atoms with Crippen LogP contribution < -0.4 is 10.6 Å². The molecular weight excluding hydrogens is 279 g/mol. The Kier molecular flexibility index (Phi) is 4.78. The Morgan fingerprint density at radius 1 is 1.24 bits per heavy atom. The Balaban J connectivity index is 2.24. The summed E-state index contributed by atoms with van der Waals surface area (Å²) in [7, 11) is 4.02. The van der Waals surface area contributed by atoms with Crippen molar-refractivity contribution < 1.29 is 13.2 Å². The van der Waals surface area contributed by atoms with Gasteiger partial charge in [0.15, 0.2) is 0 Å². The molecule has 1 heterocycles. The highest BCUT2D eigenvalue weighted by atomic mass is 19.4. The summed E-state index contributed by atoms with van der Waals surface area (Å²) >= 11 is 0. The van der Waals surface area contributed by atoms with Crippen molar-refractivity contribution in [1.29, 1.82) is 0 Å². The molecule has 1 fully saturated rings. The van der Waals surface area contributed by atoms with Crippen LogP contribution in [0.1, 0.15) is 24.0 Å². The molecule has 0 atom stereocenters. The molecule has 0 spiro atoms. The lowest BCUT2D eigenvalue weighted by Gasteiger charge is -2.37. The van der Waals surface area contributed by atoms with Crippen LogP contribution in [-0.4, -0.2) is 38.1 Å². The van der Waals surface area contributed by atoms with E-state index < -0.39 is 11.7 Å². The van der Waals surface area contributed by atoms with Crippen LogP contribution in [0.5, 0.6) is 0 Å². The quantitative estimate of drug-likeness (QED) is 0.931. The molecule has 1 aliphatic rings. The van der Waals surface area contributed by atoms with E-state index in [0.29, 0.717) is 24.7 Å². The fourth-order valence-electron chi connectivity index (χ4n) is 2.84. The van der Waals surface area contributed by atoms with E-state index in [4.69, 9.17) is 5.73 Å². The lowest BCUT2D eigenvalue weighted by Crippen LogP contribution is -2.42. The molecule has 1 aromatic carbocycles. The van der Waals surface area contributed by atoms with E-state index in [-0.39, 0.29) is 12.2 Å². The lowest BCUT2D eigenvalue weighted by atomic mass is 10.0. The fourth-order valence-corrected chi connectivity index (χ4v) is 2.84. The van der Waals surface area contributed by atoms with E-state index in [0.717, 1.165) is 12.8 Å². The van der Waals surface area contributed by atoms with E-state index >= 15 is 0 Å². The molecule has 0 amide bonds. The van der Waals surface area contributed by atoms with Gasteiger partial charge in [-0.1, -0.05) is 6.07 Å². The monoisotopic (exact) mass is 301 g/mol. The number of alkyl halides is 3. The summed E-state index contributed by atoms with van der Waals surface area (Å²) in [5, 5.41) is 0. The lowest BCUT2D eigenvalue weighted by molar-refractivity contribution is -0.137. The number of halogens is 3. The number of nitrogens with zero attached hydrogens (tertiary/aromatic N) is 2. The van der Waals surface area contributed by atoms with Crippen molar-refractivity contribution in [3.05, 3.63) is 29.3 Å². The zero-order chi connectivity index (χ0) is 15.6. The summed E-state index contributed by atoms with van der Waals surface area (Å²) in [4.78, 5) is 3.97. The normalized spacial score (nSPS) is 17.6. The van der Waals surface area contributed by atoms with Crippen molar-refractivity contribution in [2.75, 3.05) is 32.1 Å². The van der Waals surface area contributed by atoms with Crippen molar-refractivity contribution in [1.82, 2.24) is 4.90 Å². The predicted octanol–water partition coefficient (Wildman–Crippen LogP) is 2.69. The summed E-state index contributed by atoms with van der Waals surface area (Å²) in [6, 6.07) is 4.86. The van der Waals surface area contributed by atoms with Crippen LogP contribution in [0, 0.1) is 0 Å². The predicted molar refractivity (Wildman–Crippen MR) is 78.3 cm³/mol. The molecule has 2 rings (SSSR count). The number of hydrogen-bond acceptors (Lipinski definition) is 3. The molecule has 0 aliphatic carbocycles. The van der Waals surface area contributed by atoms with E-state index in [1.165, 1.54) is 6.07 Å².